The van der Waals surface area contributed by atoms with Gasteiger partial charge in [-0.05, 0) is 25.5 Å². The average molecular weight is 368 g/mol. The molecule has 0 amide bonds. The third kappa shape index (κ3) is 3.14. The SMILES string of the molecule is COC1=C/C(=C\C=C(C)C)c2c(oc3cc(OC)cc(OC)c3c2=O)C1=O. The molecule has 6 nitrogen and oxygen atoms in total. The Bertz CT molecular complexity index is 1080. The molecule has 0 saturated carbocycles. The normalized spacial score (nSPS) is 14.6. The van der Waals surface area contributed by atoms with Crippen LogP contribution in [-0.4, -0.2) is 27.1 Å². The zero-order valence-corrected chi connectivity index (χ0v) is 15.8. The number of ketones is 1. The van der Waals surface area contributed by atoms with E-state index in [9.17, 15) is 9.59 Å². The maximum atomic E-state index is 13.3. The molecule has 0 atom stereocenters. The van der Waals surface area contributed by atoms with Gasteiger partial charge in [0.25, 0.3) is 5.78 Å². The lowest BCUT2D eigenvalue weighted by molar-refractivity contribution is 0.0925. The van der Waals surface area contributed by atoms with Crippen LogP contribution in [0.4, 0.5) is 0 Å². The number of ether oxygens (including phenoxy) is 3. The van der Waals surface area contributed by atoms with E-state index in [1.54, 1.807) is 24.3 Å². The van der Waals surface area contributed by atoms with E-state index in [-0.39, 0.29) is 33.5 Å². The van der Waals surface area contributed by atoms with Gasteiger partial charge in [-0.25, -0.2) is 0 Å². The number of allylic oxidation sites excluding steroid dienone is 6. The molecule has 0 unspecified atom stereocenters. The number of hydrogen-bond donors (Lipinski definition) is 0. The van der Waals surface area contributed by atoms with E-state index in [4.69, 9.17) is 18.6 Å². The summed E-state index contributed by atoms with van der Waals surface area (Å²) in [6.45, 7) is 3.87. The quantitative estimate of drug-likeness (QED) is 0.815. The van der Waals surface area contributed by atoms with Crippen LogP contribution in [0.3, 0.4) is 0 Å². The Hall–Kier alpha value is -3.28. The molecule has 0 saturated heterocycles. The number of fused-ring (bicyclic) bond motifs is 2. The van der Waals surface area contributed by atoms with Crippen molar-refractivity contribution in [2.45, 2.75) is 13.8 Å². The molecule has 3 rings (SSSR count). The van der Waals surface area contributed by atoms with Crippen molar-refractivity contribution in [1.29, 1.82) is 0 Å². The highest BCUT2D eigenvalue weighted by atomic mass is 16.5. The Kier molecular flexibility index (Phi) is 4.90. The summed E-state index contributed by atoms with van der Waals surface area (Å²) < 4.78 is 21.6. The Morgan fingerprint density at radius 3 is 2.37 bits per heavy atom. The second-order valence-electron chi connectivity index (χ2n) is 6.25. The molecule has 6 heteroatoms. The van der Waals surface area contributed by atoms with Crippen molar-refractivity contribution in [1.82, 2.24) is 0 Å². The van der Waals surface area contributed by atoms with E-state index in [1.165, 1.54) is 21.3 Å². The lowest BCUT2D eigenvalue weighted by atomic mass is 9.93. The molecular formula is C21H20O6. The molecule has 1 aromatic carbocycles. The van der Waals surface area contributed by atoms with Gasteiger partial charge in [0.1, 0.15) is 22.5 Å². The van der Waals surface area contributed by atoms with Crippen molar-refractivity contribution in [3.63, 3.8) is 0 Å². The fourth-order valence-electron chi connectivity index (χ4n) is 2.89. The highest BCUT2D eigenvalue weighted by molar-refractivity contribution is 6.14. The number of hydrogen-bond acceptors (Lipinski definition) is 6. The van der Waals surface area contributed by atoms with Crippen molar-refractivity contribution in [3.05, 3.63) is 63.2 Å². The minimum atomic E-state index is -0.484. The monoisotopic (exact) mass is 368 g/mol. The molecule has 0 N–H and O–H groups in total. The Labute approximate surface area is 156 Å². The number of carbonyl (C=O) groups excluding carboxylic acids is 1. The summed E-state index contributed by atoms with van der Waals surface area (Å²) in [5.41, 5.74) is 1.63. The van der Waals surface area contributed by atoms with E-state index in [0.29, 0.717) is 17.1 Å². The lowest BCUT2D eigenvalue weighted by Gasteiger charge is -2.17. The largest absolute Gasteiger partial charge is 0.496 e. The van der Waals surface area contributed by atoms with Crippen molar-refractivity contribution >= 4 is 22.3 Å². The number of carbonyl (C=O) groups is 1. The van der Waals surface area contributed by atoms with Gasteiger partial charge in [0.2, 0.25) is 5.43 Å². The summed E-state index contributed by atoms with van der Waals surface area (Å²) in [7, 11) is 4.36. The second-order valence-corrected chi connectivity index (χ2v) is 6.25. The van der Waals surface area contributed by atoms with Crippen molar-refractivity contribution < 1.29 is 23.4 Å². The predicted molar refractivity (Wildman–Crippen MR) is 102 cm³/mol. The smallest absolute Gasteiger partial charge is 0.263 e. The summed E-state index contributed by atoms with van der Waals surface area (Å²) in [6.07, 6.45) is 5.16. The van der Waals surface area contributed by atoms with Crippen LogP contribution in [0.2, 0.25) is 0 Å². The van der Waals surface area contributed by atoms with Crippen LogP contribution < -0.4 is 14.9 Å². The van der Waals surface area contributed by atoms with Crippen LogP contribution in [0.1, 0.15) is 30.0 Å². The first kappa shape index (κ1) is 18.5. The third-order valence-electron chi connectivity index (χ3n) is 4.21. The van der Waals surface area contributed by atoms with Crippen molar-refractivity contribution in [2.75, 3.05) is 21.3 Å². The fourth-order valence-corrected chi connectivity index (χ4v) is 2.89. The van der Waals surface area contributed by atoms with Gasteiger partial charge in [0, 0.05) is 12.1 Å². The standard InChI is InChI=1S/C21H20O6/c1-11(2)6-7-12-8-16(26-5)19(22)21-17(12)20(23)18-14(25-4)9-13(24-3)10-15(18)27-21/h6-10H,1-5H3/b12-7+. The van der Waals surface area contributed by atoms with Gasteiger partial charge in [-0.15, -0.1) is 0 Å². The maximum Gasteiger partial charge on any atom is 0.263 e. The van der Waals surface area contributed by atoms with Gasteiger partial charge < -0.3 is 18.6 Å². The predicted octanol–water partition coefficient (Wildman–Crippen LogP) is 3.89. The van der Waals surface area contributed by atoms with Crippen LogP contribution in [0.15, 0.2) is 50.9 Å². The molecule has 0 radical (unpaired) electrons. The highest BCUT2D eigenvalue weighted by Gasteiger charge is 2.31. The van der Waals surface area contributed by atoms with Gasteiger partial charge in [-0.3, -0.25) is 9.59 Å². The zero-order chi connectivity index (χ0) is 19.7. The summed E-state index contributed by atoms with van der Waals surface area (Å²) in [5, 5.41) is 0.252. The van der Waals surface area contributed by atoms with Gasteiger partial charge in [-0.2, -0.15) is 0 Å². The maximum absolute atomic E-state index is 13.3. The van der Waals surface area contributed by atoms with Crippen LogP contribution in [-0.2, 0) is 4.74 Å². The number of Topliss-reactive ketones (excluding diaryl/α,β-unsaturated/α-hetero) is 1. The summed E-state index contributed by atoms with van der Waals surface area (Å²) in [4.78, 5) is 26.0. The molecule has 1 aromatic heterocycles. The number of rotatable bonds is 4. The average Bonchev–Trinajstić information content (AvgIpc) is 2.66. The van der Waals surface area contributed by atoms with E-state index in [2.05, 4.69) is 0 Å². The first-order valence-corrected chi connectivity index (χ1v) is 8.30. The summed E-state index contributed by atoms with van der Waals surface area (Å²) in [5.74, 6) is 0.330. The van der Waals surface area contributed by atoms with Gasteiger partial charge >= 0.3 is 0 Å². The van der Waals surface area contributed by atoms with Gasteiger partial charge in [-0.1, -0.05) is 17.7 Å². The van der Waals surface area contributed by atoms with Crippen molar-refractivity contribution in [3.8, 4) is 11.5 Å². The highest BCUT2D eigenvalue weighted by Crippen LogP contribution is 2.35. The van der Waals surface area contributed by atoms with Crippen LogP contribution in [0.25, 0.3) is 16.5 Å². The Morgan fingerprint density at radius 1 is 1.04 bits per heavy atom. The van der Waals surface area contributed by atoms with E-state index < -0.39 is 5.78 Å². The molecule has 2 aromatic rings. The first-order chi connectivity index (χ1) is 12.9. The third-order valence-corrected chi connectivity index (χ3v) is 4.21. The summed E-state index contributed by atoms with van der Waals surface area (Å²) in [6, 6.07) is 3.16. The van der Waals surface area contributed by atoms with Crippen molar-refractivity contribution in [2.24, 2.45) is 0 Å². The second kappa shape index (κ2) is 7.15. The van der Waals surface area contributed by atoms with Gasteiger partial charge in [0.15, 0.2) is 11.5 Å². The van der Waals surface area contributed by atoms with Crippen LogP contribution >= 0.6 is 0 Å². The van der Waals surface area contributed by atoms with Gasteiger partial charge in [0.05, 0.1) is 26.9 Å². The molecule has 0 bridgehead atoms. The molecule has 0 spiro atoms. The Morgan fingerprint density at radius 2 is 1.78 bits per heavy atom. The fraction of sp³-hybridized carbons (Fsp3) is 0.238. The van der Waals surface area contributed by atoms with Crippen LogP contribution in [0.5, 0.6) is 11.5 Å². The van der Waals surface area contributed by atoms with E-state index in [0.717, 1.165) is 5.57 Å². The molecule has 0 aliphatic heterocycles. The minimum Gasteiger partial charge on any atom is -0.496 e. The first-order valence-electron chi connectivity index (χ1n) is 8.30. The summed E-state index contributed by atoms with van der Waals surface area (Å²) >= 11 is 0. The molecule has 1 aliphatic rings. The lowest BCUT2D eigenvalue weighted by Crippen LogP contribution is -2.21. The van der Waals surface area contributed by atoms with E-state index >= 15 is 0 Å². The minimum absolute atomic E-state index is 0.0597. The molecule has 1 aliphatic carbocycles. The molecule has 0 fully saturated rings. The number of benzene rings is 1. The van der Waals surface area contributed by atoms with E-state index in [1.807, 2.05) is 19.9 Å². The van der Waals surface area contributed by atoms with Crippen LogP contribution in [0, 0.1) is 0 Å². The molecule has 27 heavy (non-hydrogen) atoms. The molecular weight excluding hydrogens is 348 g/mol. The molecule has 140 valence electrons. The number of methoxy groups -OCH3 is 3. The molecule has 1 heterocycles. The zero-order valence-electron chi connectivity index (χ0n) is 15.8. The Balaban J connectivity index is 2.44. The topological polar surface area (TPSA) is 75.0 Å².